The molecule has 0 saturated carbocycles. The number of rotatable bonds is 8. The van der Waals surface area contributed by atoms with Gasteiger partial charge in [-0.25, -0.2) is 0 Å². The summed E-state index contributed by atoms with van der Waals surface area (Å²) in [5.74, 6) is 0. The monoisotopic (exact) mass is 231 g/mol. The Bertz CT molecular complexity index is 170. The Morgan fingerprint density at radius 2 is 1.94 bits per heavy atom. The number of methoxy groups -OCH3 is 1. The molecule has 2 N–H and O–H groups in total. The van der Waals surface area contributed by atoms with Crippen LogP contribution < -0.4 is 5.73 Å². The molecular formula is C12H25NO3. The largest absolute Gasteiger partial charge is 0.385 e. The van der Waals surface area contributed by atoms with E-state index in [-0.39, 0.29) is 5.41 Å². The van der Waals surface area contributed by atoms with Crippen LogP contribution >= 0.6 is 0 Å². The standard InChI is InChI=1S/C12H25NO3/c1-14-6-2-7-15-8-3-12(11-13)4-9-16-10-5-12/h2-11,13H2,1H3. The summed E-state index contributed by atoms with van der Waals surface area (Å²) in [5.41, 5.74) is 6.13. The maximum atomic E-state index is 5.87. The van der Waals surface area contributed by atoms with E-state index in [0.29, 0.717) is 0 Å². The van der Waals surface area contributed by atoms with E-state index in [1.54, 1.807) is 7.11 Å². The van der Waals surface area contributed by atoms with Crippen molar-refractivity contribution in [3.63, 3.8) is 0 Å². The minimum Gasteiger partial charge on any atom is -0.385 e. The molecule has 0 radical (unpaired) electrons. The highest BCUT2D eigenvalue weighted by Crippen LogP contribution is 2.32. The molecule has 0 aromatic heterocycles. The highest BCUT2D eigenvalue weighted by Gasteiger charge is 2.30. The van der Waals surface area contributed by atoms with Gasteiger partial charge >= 0.3 is 0 Å². The van der Waals surface area contributed by atoms with Gasteiger partial charge in [-0.15, -0.1) is 0 Å². The van der Waals surface area contributed by atoms with Crippen LogP contribution in [0.3, 0.4) is 0 Å². The van der Waals surface area contributed by atoms with E-state index in [2.05, 4.69) is 0 Å². The summed E-state index contributed by atoms with van der Waals surface area (Å²) in [7, 11) is 1.71. The van der Waals surface area contributed by atoms with Gasteiger partial charge in [0.2, 0.25) is 0 Å². The van der Waals surface area contributed by atoms with Gasteiger partial charge in [0, 0.05) is 40.1 Å². The third kappa shape index (κ3) is 4.78. The molecule has 0 unspecified atom stereocenters. The molecule has 1 fully saturated rings. The van der Waals surface area contributed by atoms with Crippen molar-refractivity contribution in [2.24, 2.45) is 11.1 Å². The molecule has 1 heterocycles. The summed E-state index contributed by atoms with van der Waals surface area (Å²) in [4.78, 5) is 0. The molecule has 0 amide bonds. The minimum atomic E-state index is 0.263. The number of nitrogens with two attached hydrogens (primary N) is 1. The Morgan fingerprint density at radius 1 is 1.19 bits per heavy atom. The zero-order valence-corrected chi connectivity index (χ0v) is 10.4. The Balaban J connectivity index is 2.08. The summed E-state index contributed by atoms with van der Waals surface area (Å²) in [5, 5.41) is 0. The predicted octanol–water partition coefficient (Wildman–Crippen LogP) is 1.19. The van der Waals surface area contributed by atoms with Crippen LogP contribution in [0.25, 0.3) is 0 Å². The van der Waals surface area contributed by atoms with Crippen molar-refractivity contribution in [2.75, 3.05) is 46.7 Å². The van der Waals surface area contributed by atoms with Crippen LogP contribution in [-0.4, -0.2) is 46.7 Å². The SMILES string of the molecule is COCCCOCCC1(CN)CCOCC1. The smallest absolute Gasteiger partial charge is 0.0487 e. The van der Waals surface area contributed by atoms with E-state index >= 15 is 0 Å². The lowest BCUT2D eigenvalue weighted by atomic mass is 9.78. The van der Waals surface area contributed by atoms with Crippen molar-refractivity contribution in [3.8, 4) is 0 Å². The molecule has 1 rings (SSSR count). The van der Waals surface area contributed by atoms with Crippen LogP contribution in [0.4, 0.5) is 0 Å². The molecule has 1 saturated heterocycles. The van der Waals surface area contributed by atoms with E-state index in [9.17, 15) is 0 Å². The summed E-state index contributed by atoms with van der Waals surface area (Å²) in [6, 6.07) is 0. The van der Waals surface area contributed by atoms with Gasteiger partial charge in [0.15, 0.2) is 0 Å². The van der Waals surface area contributed by atoms with Crippen LogP contribution in [0.1, 0.15) is 25.7 Å². The Morgan fingerprint density at radius 3 is 2.56 bits per heavy atom. The lowest BCUT2D eigenvalue weighted by Gasteiger charge is -2.36. The third-order valence-electron chi connectivity index (χ3n) is 3.40. The Labute approximate surface area is 98.4 Å². The van der Waals surface area contributed by atoms with Crippen molar-refractivity contribution in [1.82, 2.24) is 0 Å². The van der Waals surface area contributed by atoms with Gasteiger partial charge in [0.25, 0.3) is 0 Å². The topological polar surface area (TPSA) is 53.7 Å². The molecule has 0 aliphatic carbocycles. The van der Waals surface area contributed by atoms with E-state index in [1.807, 2.05) is 0 Å². The average Bonchev–Trinajstić information content (AvgIpc) is 2.35. The maximum absolute atomic E-state index is 5.87. The second-order valence-corrected chi connectivity index (χ2v) is 4.53. The number of hydrogen-bond acceptors (Lipinski definition) is 4. The lowest BCUT2D eigenvalue weighted by Crippen LogP contribution is -2.37. The number of hydrogen-bond donors (Lipinski definition) is 1. The quantitative estimate of drug-likeness (QED) is 0.637. The second-order valence-electron chi connectivity index (χ2n) is 4.53. The highest BCUT2D eigenvalue weighted by atomic mass is 16.5. The Kier molecular flexibility index (Phi) is 6.96. The first-order valence-electron chi connectivity index (χ1n) is 6.17. The van der Waals surface area contributed by atoms with Crippen LogP contribution in [0.5, 0.6) is 0 Å². The van der Waals surface area contributed by atoms with Crippen molar-refractivity contribution >= 4 is 0 Å². The van der Waals surface area contributed by atoms with E-state index in [4.69, 9.17) is 19.9 Å². The summed E-state index contributed by atoms with van der Waals surface area (Å²) in [6.45, 7) is 4.81. The van der Waals surface area contributed by atoms with Crippen LogP contribution in [-0.2, 0) is 14.2 Å². The second kappa shape index (κ2) is 8.01. The molecule has 1 aliphatic heterocycles. The van der Waals surface area contributed by atoms with Gasteiger partial charge in [-0.05, 0) is 37.6 Å². The predicted molar refractivity (Wildman–Crippen MR) is 63.5 cm³/mol. The van der Waals surface area contributed by atoms with Gasteiger partial charge in [-0.1, -0.05) is 0 Å². The zero-order valence-electron chi connectivity index (χ0n) is 10.4. The maximum Gasteiger partial charge on any atom is 0.0487 e. The van der Waals surface area contributed by atoms with E-state index < -0.39 is 0 Å². The van der Waals surface area contributed by atoms with E-state index in [1.165, 1.54) is 0 Å². The first kappa shape index (κ1) is 13.9. The zero-order chi connectivity index (χ0) is 11.7. The fraction of sp³-hybridized carbons (Fsp3) is 1.00. The molecule has 0 spiro atoms. The van der Waals surface area contributed by atoms with Crippen molar-refractivity contribution < 1.29 is 14.2 Å². The van der Waals surface area contributed by atoms with Gasteiger partial charge in [-0.2, -0.15) is 0 Å². The molecule has 16 heavy (non-hydrogen) atoms. The summed E-state index contributed by atoms with van der Waals surface area (Å²) in [6.07, 6.45) is 4.17. The minimum absolute atomic E-state index is 0.263. The molecule has 4 heteroatoms. The molecule has 1 aliphatic rings. The van der Waals surface area contributed by atoms with E-state index in [0.717, 1.165) is 65.3 Å². The van der Waals surface area contributed by atoms with Crippen molar-refractivity contribution in [3.05, 3.63) is 0 Å². The molecule has 0 aromatic carbocycles. The van der Waals surface area contributed by atoms with Crippen LogP contribution in [0.2, 0.25) is 0 Å². The van der Waals surface area contributed by atoms with Gasteiger partial charge in [0.1, 0.15) is 0 Å². The first-order chi connectivity index (χ1) is 7.83. The number of ether oxygens (including phenoxy) is 3. The summed E-state index contributed by atoms with van der Waals surface area (Å²) >= 11 is 0. The van der Waals surface area contributed by atoms with Crippen LogP contribution in [0.15, 0.2) is 0 Å². The molecular weight excluding hydrogens is 206 g/mol. The lowest BCUT2D eigenvalue weighted by molar-refractivity contribution is -0.00358. The average molecular weight is 231 g/mol. The highest BCUT2D eigenvalue weighted by molar-refractivity contribution is 4.82. The van der Waals surface area contributed by atoms with Crippen molar-refractivity contribution in [2.45, 2.75) is 25.7 Å². The van der Waals surface area contributed by atoms with Crippen LogP contribution in [0, 0.1) is 5.41 Å². The molecule has 96 valence electrons. The van der Waals surface area contributed by atoms with Gasteiger partial charge in [-0.3, -0.25) is 0 Å². The van der Waals surface area contributed by atoms with Gasteiger partial charge in [0.05, 0.1) is 0 Å². The Hall–Kier alpha value is -0.160. The fourth-order valence-corrected chi connectivity index (χ4v) is 2.06. The first-order valence-corrected chi connectivity index (χ1v) is 6.17. The van der Waals surface area contributed by atoms with Gasteiger partial charge < -0.3 is 19.9 Å². The third-order valence-corrected chi connectivity index (χ3v) is 3.40. The molecule has 0 atom stereocenters. The molecule has 0 aromatic rings. The fourth-order valence-electron chi connectivity index (χ4n) is 2.06. The molecule has 0 bridgehead atoms. The summed E-state index contributed by atoms with van der Waals surface area (Å²) < 4.78 is 15.9. The molecule has 4 nitrogen and oxygen atoms in total. The van der Waals surface area contributed by atoms with Crippen molar-refractivity contribution in [1.29, 1.82) is 0 Å². The normalized spacial score (nSPS) is 19.9.